The normalized spacial score (nSPS) is 75.3. The highest BCUT2D eigenvalue weighted by atomic mass is 16.3. The Morgan fingerprint density at radius 1 is 0.889 bits per heavy atom. The fourth-order valence-corrected chi connectivity index (χ4v) is 3.07. The van der Waals surface area contributed by atoms with E-state index in [0.29, 0.717) is 17.8 Å². The standard InChI is InChI=1S/C7H10O2/c8-6-3-1-2-4(6)5(2)7(3)9/h2-9H,1H2/t2?,3?,4?,5?,6-,7+. The van der Waals surface area contributed by atoms with Crippen LogP contribution >= 0.6 is 0 Å². The molecule has 2 nitrogen and oxygen atoms in total. The van der Waals surface area contributed by atoms with E-state index in [1.807, 2.05) is 0 Å². The van der Waals surface area contributed by atoms with Crippen molar-refractivity contribution in [3.05, 3.63) is 0 Å². The maximum absolute atomic E-state index is 9.36. The van der Waals surface area contributed by atoms with E-state index in [0.717, 1.165) is 6.42 Å². The molecule has 0 aromatic heterocycles. The molecule has 0 aliphatic heterocycles. The van der Waals surface area contributed by atoms with Crippen molar-refractivity contribution < 1.29 is 10.2 Å². The van der Waals surface area contributed by atoms with Crippen molar-refractivity contribution >= 4 is 0 Å². The van der Waals surface area contributed by atoms with Crippen LogP contribution in [0.4, 0.5) is 0 Å². The number of hydrogen-bond donors (Lipinski definition) is 2. The first kappa shape index (κ1) is 4.69. The molecule has 2 N–H and O–H groups in total. The van der Waals surface area contributed by atoms with Crippen LogP contribution < -0.4 is 0 Å². The Morgan fingerprint density at radius 3 is 1.56 bits per heavy atom. The van der Waals surface area contributed by atoms with Gasteiger partial charge in [0, 0.05) is 5.92 Å². The smallest absolute Gasteiger partial charge is 0.0627 e. The summed E-state index contributed by atoms with van der Waals surface area (Å²) in [4.78, 5) is 0. The molecule has 4 unspecified atom stereocenters. The van der Waals surface area contributed by atoms with Crippen LogP contribution in [-0.4, -0.2) is 22.4 Å². The second kappa shape index (κ2) is 1.06. The monoisotopic (exact) mass is 126 g/mol. The summed E-state index contributed by atoms with van der Waals surface area (Å²) >= 11 is 0. The molecule has 0 aromatic carbocycles. The Hall–Kier alpha value is -0.0800. The Labute approximate surface area is 53.5 Å². The van der Waals surface area contributed by atoms with Crippen molar-refractivity contribution in [3.63, 3.8) is 0 Å². The van der Waals surface area contributed by atoms with Gasteiger partial charge in [0.15, 0.2) is 0 Å². The van der Waals surface area contributed by atoms with Gasteiger partial charge in [-0.25, -0.2) is 0 Å². The lowest BCUT2D eigenvalue weighted by molar-refractivity contribution is 0.0713. The third-order valence-electron chi connectivity index (χ3n) is 3.50. The van der Waals surface area contributed by atoms with Crippen LogP contribution in [0.2, 0.25) is 0 Å². The second-order valence-corrected chi connectivity index (χ2v) is 3.70. The summed E-state index contributed by atoms with van der Waals surface area (Å²) < 4.78 is 0. The number of rotatable bonds is 0. The van der Waals surface area contributed by atoms with Crippen LogP contribution in [0, 0.1) is 23.7 Å². The summed E-state index contributed by atoms with van der Waals surface area (Å²) in [6, 6.07) is 0. The van der Waals surface area contributed by atoms with E-state index in [9.17, 15) is 10.2 Å². The zero-order valence-electron chi connectivity index (χ0n) is 5.07. The average molecular weight is 126 g/mol. The van der Waals surface area contributed by atoms with Gasteiger partial charge in [-0.3, -0.25) is 0 Å². The minimum atomic E-state index is -0.144. The molecule has 9 heavy (non-hydrogen) atoms. The summed E-state index contributed by atoms with van der Waals surface area (Å²) in [5.74, 6) is 1.97. The Morgan fingerprint density at radius 2 is 1.44 bits per heavy atom. The van der Waals surface area contributed by atoms with Crippen molar-refractivity contribution in [2.24, 2.45) is 23.7 Å². The Bertz CT molecular complexity index is 148. The van der Waals surface area contributed by atoms with Crippen molar-refractivity contribution in [2.75, 3.05) is 0 Å². The van der Waals surface area contributed by atoms with Crippen LogP contribution in [0.1, 0.15) is 6.42 Å². The molecule has 0 heterocycles. The Balaban J connectivity index is 2.07. The first-order valence-electron chi connectivity index (χ1n) is 3.67. The van der Waals surface area contributed by atoms with E-state index in [4.69, 9.17) is 0 Å². The SMILES string of the molecule is O[C@@H]1C2C3CC1[C@@H](O)C32. The third-order valence-corrected chi connectivity index (χ3v) is 3.50. The van der Waals surface area contributed by atoms with Gasteiger partial charge in [0.05, 0.1) is 12.2 Å². The van der Waals surface area contributed by atoms with Gasteiger partial charge in [-0.2, -0.15) is 0 Å². The molecular formula is C7H10O2. The molecule has 4 aliphatic carbocycles. The predicted molar refractivity (Wildman–Crippen MR) is 30.6 cm³/mol. The molecule has 6 atom stereocenters. The molecule has 4 aliphatic rings. The third kappa shape index (κ3) is 0.310. The van der Waals surface area contributed by atoms with Gasteiger partial charge in [0.2, 0.25) is 0 Å². The highest BCUT2D eigenvalue weighted by Gasteiger charge is 2.73. The molecule has 4 bridgehead atoms. The van der Waals surface area contributed by atoms with Crippen LogP contribution in [0.25, 0.3) is 0 Å². The summed E-state index contributed by atoms with van der Waals surface area (Å²) in [6.07, 6.45) is 0.808. The van der Waals surface area contributed by atoms with E-state index in [2.05, 4.69) is 0 Å². The van der Waals surface area contributed by atoms with Gasteiger partial charge in [0.25, 0.3) is 0 Å². The van der Waals surface area contributed by atoms with Crippen molar-refractivity contribution in [2.45, 2.75) is 18.6 Å². The lowest BCUT2D eigenvalue weighted by Gasteiger charge is -2.09. The predicted octanol–water partition coefficient (Wildman–Crippen LogP) is -0.396. The van der Waals surface area contributed by atoms with Gasteiger partial charge < -0.3 is 10.2 Å². The van der Waals surface area contributed by atoms with Crippen molar-refractivity contribution in [1.29, 1.82) is 0 Å². The molecule has 4 rings (SSSR count). The number of aliphatic hydroxyl groups excluding tert-OH is 2. The Kier molecular flexibility index (Phi) is 0.552. The minimum absolute atomic E-state index is 0.144. The summed E-state index contributed by atoms with van der Waals surface area (Å²) in [6.45, 7) is 0. The zero-order valence-corrected chi connectivity index (χ0v) is 5.07. The molecule has 0 saturated heterocycles. The quantitative estimate of drug-likeness (QED) is 0.464. The molecule has 4 fully saturated rings. The van der Waals surface area contributed by atoms with Gasteiger partial charge in [-0.05, 0) is 24.2 Å². The lowest BCUT2D eigenvalue weighted by Crippen LogP contribution is -2.19. The van der Waals surface area contributed by atoms with E-state index < -0.39 is 0 Å². The fraction of sp³-hybridized carbons (Fsp3) is 1.00. The van der Waals surface area contributed by atoms with Crippen molar-refractivity contribution in [1.82, 2.24) is 0 Å². The van der Waals surface area contributed by atoms with E-state index in [1.165, 1.54) is 0 Å². The summed E-state index contributed by atoms with van der Waals surface area (Å²) in [7, 11) is 0. The van der Waals surface area contributed by atoms with Gasteiger partial charge in [-0.1, -0.05) is 0 Å². The van der Waals surface area contributed by atoms with Crippen LogP contribution in [-0.2, 0) is 0 Å². The summed E-state index contributed by atoms with van der Waals surface area (Å²) in [5.41, 5.74) is 0. The van der Waals surface area contributed by atoms with E-state index >= 15 is 0 Å². The molecule has 0 amide bonds. The van der Waals surface area contributed by atoms with E-state index in [1.54, 1.807) is 0 Å². The first-order chi connectivity index (χ1) is 4.30. The lowest BCUT2D eigenvalue weighted by atomic mass is 10.1. The molecule has 2 heteroatoms. The maximum Gasteiger partial charge on any atom is 0.0627 e. The van der Waals surface area contributed by atoms with Gasteiger partial charge in [0.1, 0.15) is 0 Å². The molecule has 0 radical (unpaired) electrons. The number of aliphatic hydroxyl groups is 2. The molecule has 0 spiro atoms. The molecular weight excluding hydrogens is 116 g/mol. The number of hydrogen-bond acceptors (Lipinski definition) is 2. The largest absolute Gasteiger partial charge is 0.392 e. The maximum atomic E-state index is 9.36. The van der Waals surface area contributed by atoms with E-state index in [-0.39, 0.29) is 18.1 Å². The van der Waals surface area contributed by atoms with Crippen LogP contribution in [0.15, 0.2) is 0 Å². The fourth-order valence-electron chi connectivity index (χ4n) is 3.07. The summed E-state index contributed by atoms with van der Waals surface area (Å²) in [5, 5.41) is 18.7. The van der Waals surface area contributed by atoms with Crippen LogP contribution in [0.3, 0.4) is 0 Å². The van der Waals surface area contributed by atoms with Crippen LogP contribution in [0.5, 0.6) is 0 Å². The highest BCUT2D eigenvalue weighted by molar-refractivity contribution is 5.21. The topological polar surface area (TPSA) is 40.5 Å². The minimum Gasteiger partial charge on any atom is -0.392 e. The first-order valence-corrected chi connectivity index (χ1v) is 3.67. The highest BCUT2D eigenvalue weighted by Crippen LogP contribution is 2.70. The zero-order chi connectivity index (χ0) is 6.17. The average Bonchev–Trinajstić information content (AvgIpc) is 2.18. The second-order valence-electron chi connectivity index (χ2n) is 3.70. The van der Waals surface area contributed by atoms with Gasteiger partial charge >= 0.3 is 0 Å². The molecule has 0 aromatic rings. The van der Waals surface area contributed by atoms with Gasteiger partial charge in [-0.15, -0.1) is 0 Å². The molecule has 50 valence electrons. The molecule has 4 saturated carbocycles. The van der Waals surface area contributed by atoms with Crippen molar-refractivity contribution in [3.8, 4) is 0 Å².